The van der Waals surface area contributed by atoms with Gasteiger partial charge in [0.25, 0.3) is 11.8 Å². The van der Waals surface area contributed by atoms with E-state index < -0.39 is 23.5 Å². The van der Waals surface area contributed by atoms with Crippen molar-refractivity contribution < 1.29 is 23.5 Å². The molecule has 2 aromatic carbocycles. The zero-order chi connectivity index (χ0) is 25.4. The lowest BCUT2D eigenvalue weighted by molar-refractivity contribution is -0.133. The average Bonchev–Trinajstić information content (AvgIpc) is 3.41. The van der Waals surface area contributed by atoms with Gasteiger partial charge in [-0.2, -0.15) is 0 Å². The van der Waals surface area contributed by atoms with Gasteiger partial charge in [-0.15, -0.1) is 0 Å². The molecule has 3 aliphatic rings. The van der Waals surface area contributed by atoms with Crippen LogP contribution in [0.5, 0.6) is 5.75 Å². The van der Waals surface area contributed by atoms with Crippen molar-refractivity contribution in [1.29, 1.82) is 0 Å². The summed E-state index contributed by atoms with van der Waals surface area (Å²) < 4.78 is 27.3. The molecule has 2 N–H and O–H groups in total. The maximum atomic E-state index is 13.8. The van der Waals surface area contributed by atoms with Crippen molar-refractivity contribution in [2.75, 3.05) is 26.2 Å². The lowest BCUT2D eigenvalue weighted by Gasteiger charge is -2.42. The zero-order valence-electron chi connectivity index (χ0n) is 19.6. The molecular formula is C26H25ClF2N4O3. The second-order valence-electron chi connectivity index (χ2n) is 10.1. The summed E-state index contributed by atoms with van der Waals surface area (Å²) in [5.41, 5.74) is 1.96. The molecule has 0 bridgehead atoms. The maximum absolute atomic E-state index is 13.8. The number of hydrogen-bond donors (Lipinski definition) is 2. The number of phenolic OH excluding ortho intramolecular Hbond substituents is 1. The zero-order valence-corrected chi connectivity index (χ0v) is 20.4. The Balaban J connectivity index is 1.42. The van der Waals surface area contributed by atoms with E-state index in [2.05, 4.69) is 4.98 Å². The van der Waals surface area contributed by atoms with Gasteiger partial charge in [0.15, 0.2) is 0 Å². The first-order chi connectivity index (χ1) is 17.1. The molecule has 2 fully saturated rings. The van der Waals surface area contributed by atoms with Crippen LogP contribution in [0.25, 0.3) is 10.9 Å². The van der Waals surface area contributed by atoms with E-state index in [9.17, 15) is 23.5 Å². The minimum atomic E-state index is -2.74. The van der Waals surface area contributed by atoms with Crippen molar-refractivity contribution in [3.05, 3.63) is 64.3 Å². The second kappa shape index (κ2) is 7.91. The van der Waals surface area contributed by atoms with E-state index in [-0.39, 0.29) is 50.7 Å². The van der Waals surface area contributed by atoms with Crippen LogP contribution in [0, 0.1) is 0 Å². The van der Waals surface area contributed by atoms with Gasteiger partial charge in [0.05, 0.1) is 6.54 Å². The van der Waals surface area contributed by atoms with Crippen molar-refractivity contribution >= 4 is 34.4 Å². The Hall–Kier alpha value is -3.17. The minimum Gasteiger partial charge on any atom is -0.508 e. The molecule has 0 saturated carbocycles. The number of nitrogens with one attached hydrogen (secondary N) is 1. The number of H-pyrrole nitrogens is 1. The third kappa shape index (κ3) is 3.48. The molecule has 0 aliphatic carbocycles. The van der Waals surface area contributed by atoms with Crippen LogP contribution in [-0.2, 0) is 11.2 Å². The predicted octanol–water partition coefficient (Wildman–Crippen LogP) is 4.54. The minimum absolute atomic E-state index is 0.0348. The summed E-state index contributed by atoms with van der Waals surface area (Å²) >= 11 is 6.29. The summed E-state index contributed by atoms with van der Waals surface area (Å²) in [7, 11) is 0. The molecule has 1 aromatic heterocycles. The summed E-state index contributed by atoms with van der Waals surface area (Å²) in [6.45, 7) is 1.84. The SMILES string of the molecule is C[C@@]12Cc3c([nH]c4ccc(Cl)cc34)[C@@H](c3cccc(O)c3)N1C(=O)N(CCN1CCC(F)(F)C1)C2=O. The van der Waals surface area contributed by atoms with Gasteiger partial charge in [-0.05, 0) is 48.4 Å². The van der Waals surface area contributed by atoms with Crippen molar-refractivity contribution in [1.82, 2.24) is 19.7 Å². The number of amides is 3. The first kappa shape index (κ1) is 23.2. The number of nitrogens with zero attached hydrogens (tertiary/aromatic N) is 3. The van der Waals surface area contributed by atoms with Crippen LogP contribution in [0.2, 0.25) is 5.02 Å². The van der Waals surface area contributed by atoms with Gasteiger partial charge >= 0.3 is 6.03 Å². The number of fused-ring (bicyclic) bond motifs is 4. The van der Waals surface area contributed by atoms with Crippen LogP contribution in [0.15, 0.2) is 42.5 Å². The first-order valence-corrected chi connectivity index (χ1v) is 12.3. The van der Waals surface area contributed by atoms with E-state index >= 15 is 0 Å². The number of halogens is 3. The van der Waals surface area contributed by atoms with Crippen LogP contribution in [0.4, 0.5) is 13.6 Å². The molecule has 10 heteroatoms. The summed E-state index contributed by atoms with van der Waals surface area (Å²) in [6.07, 6.45) is 0.0590. The van der Waals surface area contributed by atoms with Crippen LogP contribution in [-0.4, -0.2) is 74.4 Å². The highest BCUT2D eigenvalue weighted by atomic mass is 35.5. The summed E-state index contributed by atoms with van der Waals surface area (Å²) in [5, 5.41) is 11.7. The van der Waals surface area contributed by atoms with Gasteiger partial charge in [-0.25, -0.2) is 13.6 Å². The van der Waals surface area contributed by atoms with Gasteiger partial charge in [0.2, 0.25) is 0 Å². The number of aromatic amines is 1. The highest BCUT2D eigenvalue weighted by Gasteiger charge is 2.60. The number of urea groups is 1. The number of benzene rings is 2. The fourth-order valence-corrected chi connectivity index (χ4v) is 6.14. The fraction of sp³-hybridized carbons (Fsp3) is 0.385. The Morgan fingerprint density at radius 1 is 1.17 bits per heavy atom. The molecule has 2 atom stereocenters. The third-order valence-electron chi connectivity index (χ3n) is 7.70. The largest absolute Gasteiger partial charge is 0.508 e. The molecule has 4 heterocycles. The van der Waals surface area contributed by atoms with Gasteiger partial charge in [-0.1, -0.05) is 23.7 Å². The lowest BCUT2D eigenvalue weighted by atomic mass is 9.81. The van der Waals surface area contributed by atoms with E-state index in [1.165, 1.54) is 4.90 Å². The van der Waals surface area contributed by atoms with Crippen LogP contribution in [0.1, 0.15) is 36.2 Å². The number of aromatic nitrogens is 1. The fourth-order valence-electron chi connectivity index (χ4n) is 5.96. The number of hydrogen-bond acceptors (Lipinski definition) is 4. The highest BCUT2D eigenvalue weighted by molar-refractivity contribution is 6.31. The van der Waals surface area contributed by atoms with E-state index in [0.717, 1.165) is 22.2 Å². The number of likely N-dealkylation sites (tertiary alicyclic amines) is 1. The quantitative estimate of drug-likeness (QED) is 0.501. The Bertz CT molecular complexity index is 1410. The molecule has 0 radical (unpaired) electrons. The third-order valence-corrected chi connectivity index (χ3v) is 7.94. The highest BCUT2D eigenvalue weighted by Crippen LogP contribution is 2.49. The van der Waals surface area contributed by atoms with Crippen LogP contribution >= 0.6 is 11.6 Å². The number of alkyl halides is 2. The van der Waals surface area contributed by atoms with Crippen LogP contribution in [0.3, 0.4) is 0 Å². The van der Waals surface area contributed by atoms with Gasteiger partial charge < -0.3 is 10.1 Å². The standard InChI is InChI=1S/C26H25ClF2N4O3/c1-25-13-19-18-12-16(27)5-6-20(18)30-21(19)22(15-3-2-4-17(34)11-15)33(25)24(36)32(23(25)35)10-9-31-8-7-26(28,29)14-31/h2-6,11-12,22,30,34H,7-10,13-14H2,1H3/t22-,25+/m1/s1. The van der Waals surface area contributed by atoms with Gasteiger partial charge in [0.1, 0.15) is 17.3 Å². The smallest absolute Gasteiger partial charge is 0.328 e. The monoisotopic (exact) mass is 514 g/mol. The molecule has 36 heavy (non-hydrogen) atoms. The molecule has 7 nitrogen and oxygen atoms in total. The molecule has 0 unspecified atom stereocenters. The number of carbonyl (C=O) groups is 2. The molecule has 3 aliphatic heterocycles. The number of phenols is 1. The predicted molar refractivity (Wildman–Crippen MR) is 130 cm³/mol. The Kier molecular flexibility index (Phi) is 5.11. The lowest BCUT2D eigenvalue weighted by Crippen LogP contribution is -2.53. The number of rotatable bonds is 4. The molecule has 6 rings (SSSR count). The average molecular weight is 515 g/mol. The molecular weight excluding hydrogens is 490 g/mol. The number of carbonyl (C=O) groups excluding carboxylic acids is 2. The molecule has 0 spiro atoms. The topological polar surface area (TPSA) is 79.9 Å². The van der Waals surface area contributed by atoms with Gasteiger partial charge in [0, 0.05) is 54.1 Å². The summed E-state index contributed by atoms with van der Waals surface area (Å²) in [5.74, 6) is -3.05. The maximum Gasteiger partial charge on any atom is 0.328 e. The summed E-state index contributed by atoms with van der Waals surface area (Å²) in [4.78, 5) is 35.4. The molecule has 3 amide bonds. The van der Waals surface area contributed by atoms with Crippen molar-refractivity contribution in [3.63, 3.8) is 0 Å². The Morgan fingerprint density at radius 3 is 2.69 bits per heavy atom. The summed E-state index contributed by atoms with van der Waals surface area (Å²) in [6, 6.07) is 11.0. The number of imide groups is 1. The Labute approximate surface area is 211 Å². The van der Waals surface area contributed by atoms with E-state index in [1.807, 2.05) is 18.2 Å². The molecule has 188 valence electrons. The second-order valence-corrected chi connectivity index (χ2v) is 10.6. The van der Waals surface area contributed by atoms with E-state index in [1.54, 1.807) is 41.0 Å². The van der Waals surface area contributed by atoms with Crippen LogP contribution < -0.4 is 0 Å². The molecule has 3 aromatic rings. The Morgan fingerprint density at radius 2 is 1.97 bits per heavy atom. The van der Waals surface area contributed by atoms with Gasteiger partial charge in [-0.3, -0.25) is 19.5 Å². The first-order valence-electron chi connectivity index (χ1n) is 11.9. The van der Waals surface area contributed by atoms with E-state index in [0.29, 0.717) is 10.6 Å². The molecule has 2 saturated heterocycles. The van der Waals surface area contributed by atoms with Crippen molar-refractivity contribution in [2.24, 2.45) is 0 Å². The normalized spacial score (nSPS) is 25.6. The van der Waals surface area contributed by atoms with E-state index in [4.69, 9.17) is 11.6 Å². The van der Waals surface area contributed by atoms with Crippen molar-refractivity contribution in [3.8, 4) is 5.75 Å². The van der Waals surface area contributed by atoms with Crippen molar-refractivity contribution in [2.45, 2.75) is 37.3 Å². The number of aromatic hydroxyl groups is 1.